The molecule has 4 nitrogen and oxygen atoms in total. The second-order valence-electron chi connectivity index (χ2n) is 6.24. The van der Waals surface area contributed by atoms with Crippen molar-refractivity contribution in [1.29, 1.82) is 0 Å². The minimum Gasteiger partial charge on any atom is -0.435 e. The van der Waals surface area contributed by atoms with Crippen LogP contribution in [-0.4, -0.2) is 38.5 Å². The van der Waals surface area contributed by atoms with Gasteiger partial charge in [0.05, 0.1) is 13.2 Å². The van der Waals surface area contributed by atoms with E-state index < -0.39 is 6.61 Å². The van der Waals surface area contributed by atoms with Crippen LogP contribution >= 0.6 is 12.4 Å². The monoisotopic (exact) mass is 362 g/mol. The average molecular weight is 363 g/mol. The zero-order valence-electron chi connectivity index (χ0n) is 13.5. The Kier molecular flexibility index (Phi) is 7.68. The molecular formula is C17H25ClF2N2O2. The van der Waals surface area contributed by atoms with E-state index in [-0.39, 0.29) is 18.2 Å². The van der Waals surface area contributed by atoms with E-state index in [0.29, 0.717) is 18.0 Å². The van der Waals surface area contributed by atoms with Gasteiger partial charge in [-0.2, -0.15) is 8.78 Å². The zero-order valence-corrected chi connectivity index (χ0v) is 14.4. The van der Waals surface area contributed by atoms with Gasteiger partial charge in [-0.3, -0.25) is 0 Å². The normalized spacial score (nSPS) is 27.0. The number of nitrogens with one attached hydrogen (secondary N) is 2. The van der Waals surface area contributed by atoms with Crippen molar-refractivity contribution in [2.75, 3.05) is 19.8 Å². The van der Waals surface area contributed by atoms with Gasteiger partial charge in [0.2, 0.25) is 0 Å². The summed E-state index contributed by atoms with van der Waals surface area (Å²) in [6.07, 6.45) is 3.64. The third-order valence-corrected chi connectivity index (χ3v) is 4.75. The summed E-state index contributed by atoms with van der Waals surface area (Å²) in [5, 5.41) is 7.18. The number of alkyl halides is 2. The summed E-state index contributed by atoms with van der Waals surface area (Å²) in [6, 6.07) is 7.75. The Morgan fingerprint density at radius 3 is 2.71 bits per heavy atom. The van der Waals surface area contributed by atoms with Crippen molar-refractivity contribution >= 4 is 12.4 Å². The van der Waals surface area contributed by atoms with E-state index in [2.05, 4.69) is 15.4 Å². The molecule has 1 heterocycles. The lowest BCUT2D eigenvalue weighted by molar-refractivity contribution is -0.0498. The lowest BCUT2D eigenvalue weighted by atomic mass is 9.94. The average Bonchev–Trinajstić information content (AvgIpc) is 3.03. The SMILES string of the molecule is Cl.FC(F)Oc1ccc(CNC2CCCC2C2COCCN2)cc1. The summed E-state index contributed by atoms with van der Waals surface area (Å²) in [6.45, 7) is 0.489. The molecule has 0 radical (unpaired) electrons. The highest BCUT2D eigenvalue weighted by Crippen LogP contribution is 2.29. The molecule has 0 aromatic heterocycles. The Balaban J connectivity index is 0.00000208. The fourth-order valence-corrected chi connectivity index (χ4v) is 3.62. The number of halogens is 3. The van der Waals surface area contributed by atoms with Gasteiger partial charge in [0.25, 0.3) is 0 Å². The van der Waals surface area contributed by atoms with Crippen molar-refractivity contribution in [3.8, 4) is 5.75 Å². The molecule has 136 valence electrons. The first kappa shape index (κ1) is 19.4. The highest BCUT2D eigenvalue weighted by molar-refractivity contribution is 5.85. The maximum Gasteiger partial charge on any atom is 0.387 e. The van der Waals surface area contributed by atoms with Gasteiger partial charge in [-0.1, -0.05) is 18.6 Å². The van der Waals surface area contributed by atoms with Gasteiger partial charge in [0.1, 0.15) is 5.75 Å². The molecule has 1 aliphatic heterocycles. The molecule has 1 aliphatic carbocycles. The number of hydrogen-bond acceptors (Lipinski definition) is 4. The van der Waals surface area contributed by atoms with Crippen LogP contribution < -0.4 is 15.4 Å². The topological polar surface area (TPSA) is 42.5 Å². The van der Waals surface area contributed by atoms with Gasteiger partial charge in [0, 0.05) is 25.2 Å². The molecule has 2 fully saturated rings. The molecule has 2 aliphatic rings. The van der Waals surface area contributed by atoms with Crippen LogP contribution in [0.1, 0.15) is 24.8 Å². The summed E-state index contributed by atoms with van der Waals surface area (Å²) >= 11 is 0. The Morgan fingerprint density at radius 1 is 1.25 bits per heavy atom. The van der Waals surface area contributed by atoms with E-state index >= 15 is 0 Å². The second kappa shape index (κ2) is 9.51. The molecule has 3 rings (SSSR count). The van der Waals surface area contributed by atoms with E-state index in [9.17, 15) is 8.78 Å². The molecule has 0 bridgehead atoms. The zero-order chi connectivity index (χ0) is 16.1. The quantitative estimate of drug-likeness (QED) is 0.816. The van der Waals surface area contributed by atoms with Crippen molar-refractivity contribution < 1.29 is 18.3 Å². The number of rotatable bonds is 6. The molecular weight excluding hydrogens is 338 g/mol. The minimum absolute atomic E-state index is 0. The van der Waals surface area contributed by atoms with Crippen molar-refractivity contribution in [2.24, 2.45) is 5.92 Å². The van der Waals surface area contributed by atoms with Gasteiger partial charge in [-0.25, -0.2) is 0 Å². The van der Waals surface area contributed by atoms with Gasteiger partial charge >= 0.3 is 6.61 Å². The third kappa shape index (κ3) is 5.28. The number of morpholine rings is 1. The van der Waals surface area contributed by atoms with Gasteiger partial charge in [-0.05, 0) is 36.5 Å². The van der Waals surface area contributed by atoms with Gasteiger partial charge in [-0.15, -0.1) is 12.4 Å². The van der Waals surface area contributed by atoms with Crippen molar-refractivity contribution in [1.82, 2.24) is 10.6 Å². The fourth-order valence-electron chi connectivity index (χ4n) is 3.62. The predicted molar refractivity (Wildman–Crippen MR) is 90.9 cm³/mol. The van der Waals surface area contributed by atoms with Crippen LogP contribution in [0.4, 0.5) is 8.78 Å². The van der Waals surface area contributed by atoms with Crippen LogP contribution in [0.2, 0.25) is 0 Å². The maximum absolute atomic E-state index is 12.1. The van der Waals surface area contributed by atoms with E-state index in [1.54, 1.807) is 12.1 Å². The molecule has 7 heteroatoms. The Bertz CT molecular complexity index is 484. The summed E-state index contributed by atoms with van der Waals surface area (Å²) in [5.41, 5.74) is 1.07. The first-order valence-corrected chi connectivity index (χ1v) is 8.30. The third-order valence-electron chi connectivity index (χ3n) is 4.75. The molecule has 0 spiro atoms. The highest BCUT2D eigenvalue weighted by Gasteiger charge is 2.34. The fraction of sp³-hybridized carbons (Fsp3) is 0.647. The lowest BCUT2D eigenvalue weighted by Crippen LogP contribution is -2.50. The summed E-state index contributed by atoms with van der Waals surface area (Å²) in [4.78, 5) is 0. The molecule has 1 saturated heterocycles. The predicted octanol–water partition coefficient (Wildman–Crippen LogP) is 2.96. The molecule has 3 unspecified atom stereocenters. The van der Waals surface area contributed by atoms with Crippen LogP contribution in [0.15, 0.2) is 24.3 Å². The molecule has 3 atom stereocenters. The molecule has 0 amide bonds. The van der Waals surface area contributed by atoms with Crippen LogP contribution in [-0.2, 0) is 11.3 Å². The van der Waals surface area contributed by atoms with Gasteiger partial charge < -0.3 is 20.1 Å². The largest absolute Gasteiger partial charge is 0.435 e. The van der Waals surface area contributed by atoms with Crippen LogP contribution in [0.25, 0.3) is 0 Å². The Labute approximate surface area is 147 Å². The van der Waals surface area contributed by atoms with Crippen LogP contribution in [0.5, 0.6) is 5.75 Å². The first-order valence-electron chi connectivity index (χ1n) is 8.30. The molecule has 1 aromatic carbocycles. The molecule has 1 aromatic rings. The summed E-state index contributed by atoms with van der Waals surface area (Å²) in [7, 11) is 0. The van der Waals surface area contributed by atoms with E-state index in [1.807, 2.05) is 12.1 Å². The van der Waals surface area contributed by atoms with Crippen molar-refractivity contribution in [3.63, 3.8) is 0 Å². The number of hydrogen-bond donors (Lipinski definition) is 2. The minimum atomic E-state index is -2.77. The van der Waals surface area contributed by atoms with Crippen LogP contribution in [0, 0.1) is 5.92 Å². The second-order valence-corrected chi connectivity index (χ2v) is 6.24. The molecule has 1 saturated carbocycles. The molecule has 2 N–H and O–H groups in total. The van der Waals surface area contributed by atoms with Crippen LogP contribution in [0.3, 0.4) is 0 Å². The smallest absolute Gasteiger partial charge is 0.387 e. The lowest BCUT2D eigenvalue weighted by Gasteiger charge is -2.33. The van der Waals surface area contributed by atoms with E-state index in [1.165, 1.54) is 19.3 Å². The first-order chi connectivity index (χ1) is 11.2. The summed E-state index contributed by atoms with van der Waals surface area (Å²) < 4.78 is 34.2. The number of ether oxygens (including phenoxy) is 2. The Morgan fingerprint density at radius 2 is 2.04 bits per heavy atom. The Hall–Kier alpha value is -0.950. The summed E-state index contributed by atoms with van der Waals surface area (Å²) in [5.74, 6) is 0.794. The van der Waals surface area contributed by atoms with E-state index in [4.69, 9.17) is 4.74 Å². The molecule has 24 heavy (non-hydrogen) atoms. The standard InChI is InChI=1S/C17H24F2N2O2.ClH/c18-17(19)23-13-6-4-12(5-7-13)10-21-15-3-1-2-14(15)16-11-22-9-8-20-16;/h4-7,14-17,20-21H,1-3,8-11H2;1H. The maximum atomic E-state index is 12.1. The van der Waals surface area contributed by atoms with Gasteiger partial charge in [0.15, 0.2) is 0 Å². The number of benzene rings is 1. The van der Waals surface area contributed by atoms with E-state index in [0.717, 1.165) is 31.9 Å². The van der Waals surface area contributed by atoms with Crippen molar-refractivity contribution in [3.05, 3.63) is 29.8 Å². The highest BCUT2D eigenvalue weighted by atomic mass is 35.5. The van der Waals surface area contributed by atoms with Crippen molar-refractivity contribution in [2.45, 2.75) is 44.5 Å².